The van der Waals surface area contributed by atoms with E-state index in [1.165, 1.54) is 18.0 Å². The zero-order valence-electron chi connectivity index (χ0n) is 14.6. The van der Waals surface area contributed by atoms with Gasteiger partial charge in [-0.25, -0.2) is 0 Å². The number of aryl methyl sites for hydroxylation is 1. The van der Waals surface area contributed by atoms with Crippen molar-refractivity contribution in [3.05, 3.63) is 41.6 Å². The van der Waals surface area contributed by atoms with Crippen molar-refractivity contribution in [3.63, 3.8) is 0 Å². The molecule has 134 valence electrons. The molecule has 1 aliphatic heterocycles. The molecule has 0 atom stereocenters. The van der Waals surface area contributed by atoms with Crippen molar-refractivity contribution in [1.82, 2.24) is 24.5 Å². The van der Waals surface area contributed by atoms with Gasteiger partial charge in [-0.2, -0.15) is 4.37 Å². The van der Waals surface area contributed by atoms with Crippen LogP contribution in [0.5, 0.6) is 0 Å². The van der Waals surface area contributed by atoms with E-state index in [4.69, 9.17) is 0 Å². The highest BCUT2D eigenvalue weighted by Crippen LogP contribution is 2.41. The molecule has 1 saturated carbocycles. The second-order valence-corrected chi connectivity index (χ2v) is 8.14. The first-order valence-corrected chi connectivity index (χ1v) is 10.1. The van der Waals surface area contributed by atoms with Crippen LogP contribution in [-0.2, 0) is 29.7 Å². The topological polar surface area (TPSA) is 72.7 Å². The van der Waals surface area contributed by atoms with E-state index in [2.05, 4.69) is 24.5 Å². The van der Waals surface area contributed by atoms with E-state index in [9.17, 15) is 4.79 Å². The van der Waals surface area contributed by atoms with Crippen LogP contribution in [0.3, 0.4) is 0 Å². The molecule has 0 unspecified atom stereocenters. The Morgan fingerprint density at radius 1 is 1.19 bits per heavy atom. The first kappa shape index (κ1) is 15.9. The Balaban J connectivity index is 1.39. The molecule has 1 aliphatic carbocycles. The number of hydrogen-bond donors (Lipinski definition) is 1. The first-order chi connectivity index (χ1) is 12.8. The second kappa shape index (κ2) is 6.16. The van der Waals surface area contributed by atoms with Gasteiger partial charge in [0.05, 0.1) is 22.4 Å². The number of benzene rings is 1. The van der Waals surface area contributed by atoms with Gasteiger partial charge in [0.2, 0.25) is 5.91 Å². The third kappa shape index (κ3) is 2.53. The Kier molecular flexibility index (Phi) is 3.77. The van der Waals surface area contributed by atoms with Gasteiger partial charge < -0.3 is 9.88 Å². The predicted molar refractivity (Wildman–Crippen MR) is 100.0 cm³/mol. The molecule has 3 aromatic rings. The largest absolute Gasteiger partial charge is 0.343 e. The van der Waals surface area contributed by atoms with Crippen LogP contribution in [0.25, 0.3) is 10.1 Å². The molecule has 0 spiro atoms. The first-order valence-electron chi connectivity index (χ1n) is 9.32. The van der Waals surface area contributed by atoms with Crippen LogP contribution in [0, 0.1) is 0 Å². The van der Waals surface area contributed by atoms with Crippen molar-refractivity contribution >= 4 is 27.5 Å². The van der Waals surface area contributed by atoms with E-state index >= 15 is 0 Å². The number of rotatable bonds is 4. The molecule has 0 bridgehead atoms. The van der Waals surface area contributed by atoms with Gasteiger partial charge in [0, 0.05) is 18.4 Å². The third-order valence-electron chi connectivity index (χ3n) is 5.65. The zero-order valence-corrected chi connectivity index (χ0v) is 15.4. The number of aromatic nitrogens is 4. The van der Waals surface area contributed by atoms with Crippen LogP contribution in [-0.4, -0.2) is 25.0 Å². The fourth-order valence-electron chi connectivity index (χ4n) is 4.13. The average Bonchev–Trinajstić information content (AvgIpc) is 3.23. The minimum Gasteiger partial charge on any atom is -0.343 e. The minimum atomic E-state index is -0.342. The van der Waals surface area contributed by atoms with Crippen LogP contribution >= 0.6 is 11.5 Å². The van der Waals surface area contributed by atoms with E-state index in [1.54, 1.807) is 0 Å². The quantitative estimate of drug-likeness (QED) is 0.769. The van der Waals surface area contributed by atoms with Crippen molar-refractivity contribution in [2.75, 3.05) is 0 Å². The number of fused-ring (bicyclic) bond motifs is 2. The monoisotopic (exact) mass is 367 g/mol. The lowest BCUT2D eigenvalue weighted by Crippen LogP contribution is -2.53. The van der Waals surface area contributed by atoms with Crippen molar-refractivity contribution in [3.8, 4) is 0 Å². The fourth-order valence-corrected chi connectivity index (χ4v) is 4.92. The Morgan fingerprint density at radius 3 is 2.92 bits per heavy atom. The summed E-state index contributed by atoms with van der Waals surface area (Å²) in [6, 6.07) is 8.08. The van der Waals surface area contributed by atoms with Crippen LogP contribution < -0.4 is 5.32 Å². The summed E-state index contributed by atoms with van der Waals surface area (Å²) in [6.45, 7) is 0.964. The molecule has 1 amide bonds. The molecule has 2 aromatic heterocycles. The molecule has 1 N–H and O–H groups in total. The number of carbonyl (C=O) groups is 1. The average molecular weight is 367 g/mol. The number of carbonyl (C=O) groups excluding carboxylic acids is 1. The molecular weight excluding hydrogens is 346 g/mol. The van der Waals surface area contributed by atoms with E-state index in [0.29, 0.717) is 6.42 Å². The molecule has 0 radical (unpaired) electrons. The van der Waals surface area contributed by atoms with Gasteiger partial charge >= 0.3 is 0 Å². The minimum absolute atomic E-state index is 0.0221. The van der Waals surface area contributed by atoms with E-state index in [-0.39, 0.29) is 11.4 Å². The zero-order chi connectivity index (χ0) is 17.6. The number of nitrogens with zero attached hydrogens (tertiary/aromatic N) is 4. The lowest BCUT2D eigenvalue weighted by molar-refractivity contribution is -0.123. The molecule has 0 saturated heterocycles. The molecular formula is C19H21N5OS. The highest BCUT2D eigenvalue weighted by atomic mass is 32.1. The maximum Gasteiger partial charge on any atom is 0.226 e. The predicted octanol–water partition coefficient (Wildman–Crippen LogP) is 2.96. The molecule has 1 aromatic carbocycles. The van der Waals surface area contributed by atoms with Crippen molar-refractivity contribution in [1.29, 1.82) is 0 Å². The van der Waals surface area contributed by atoms with Crippen LogP contribution in [0.2, 0.25) is 0 Å². The maximum atomic E-state index is 12.8. The van der Waals surface area contributed by atoms with Gasteiger partial charge in [0.15, 0.2) is 5.82 Å². The van der Waals surface area contributed by atoms with Gasteiger partial charge in [-0.15, -0.1) is 10.2 Å². The van der Waals surface area contributed by atoms with Gasteiger partial charge in [0.25, 0.3) is 0 Å². The van der Waals surface area contributed by atoms with Crippen molar-refractivity contribution < 1.29 is 4.79 Å². The van der Waals surface area contributed by atoms with E-state index in [0.717, 1.165) is 66.1 Å². The molecule has 26 heavy (non-hydrogen) atoms. The van der Waals surface area contributed by atoms with Gasteiger partial charge in [-0.05, 0) is 49.7 Å². The van der Waals surface area contributed by atoms with Gasteiger partial charge in [-0.3, -0.25) is 4.79 Å². The summed E-state index contributed by atoms with van der Waals surface area (Å²) >= 11 is 1.45. The Bertz CT molecular complexity index is 971. The molecule has 3 heterocycles. The summed E-state index contributed by atoms with van der Waals surface area (Å²) in [7, 11) is 0. The van der Waals surface area contributed by atoms with Crippen LogP contribution in [0.4, 0.5) is 0 Å². The lowest BCUT2D eigenvalue weighted by Gasteiger charge is -2.42. The van der Waals surface area contributed by atoms with E-state index in [1.807, 2.05) is 24.3 Å². The summed E-state index contributed by atoms with van der Waals surface area (Å²) in [5.74, 6) is 2.04. The Hall–Kier alpha value is -2.28. The lowest BCUT2D eigenvalue weighted by atomic mass is 9.75. The third-order valence-corrected chi connectivity index (χ3v) is 6.52. The van der Waals surface area contributed by atoms with Crippen LogP contribution in [0.15, 0.2) is 24.3 Å². The summed E-state index contributed by atoms with van der Waals surface area (Å²) in [4.78, 5) is 12.8. The number of hydrogen-bond acceptors (Lipinski definition) is 5. The maximum absolute atomic E-state index is 12.8. The Labute approximate surface area is 155 Å². The van der Waals surface area contributed by atoms with Gasteiger partial charge in [-0.1, -0.05) is 18.2 Å². The summed E-state index contributed by atoms with van der Waals surface area (Å²) < 4.78 is 7.85. The molecule has 7 heteroatoms. The summed E-state index contributed by atoms with van der Waals surface area (Å²) in [6.07, 6.45) is 6.63. The summed E-state index contributed by atoms with van der Waals surface area (Å²) in [5.41, 5.74) is 0.520. The Morgan fingerprint density at radius 2 is 2.08 bits per heavy atom. The molecule has 2 aliphatic rings. The molecule has 5 rings (SSSR count). The van der Waals surface area contributed by atoms with Gasteiger partial charge in [0.1, 0.15) is 5.82 Å². The highest BCUT2D eigenvalue weighted by molar-refractivity contribution is 7.13. The van der Waals surface area contributed by atoms with Crippen molar-refractivity contribution in [2.45, 2.75) is 57.0 Å². The van der Waals surface area contributed by atoms with Crippen molar-refractivity contribution in [2.24, 2.45) is 0 Å². The van der Waals surface area contributed by atoms with E-state index < -0.39 is 0 Å². The number of nitrogens with one attached hydrogen (secondary N) is 1. The normalized spacial score (nSPS) is 18.3. The smallest absolute Gasteiger partial charge is 0.226 e. The van der Waals surface area contributed by atoms with Crippen LogP contribution in [0.1, 0.15) is 49.4 Å². The second-order valence-electron chi connectivity index (χ2n) is 7.33. The SMILES string of the molecule is O=C(Cc1nsc2ccccc12)NC1(c2nnc3n2CCCC3)CCC1. The molecule has 6 nitrogen and oxygen atoms in total. The summed E-state index contributed by atoms with van der Waals surface area (Å²) in [5, 5.41) is 13.2. The standard InChI is InChI=1S/C19H21N5OS/c25-17(12-14-13-6-1-2-7-15(13)26-23-14)20-19(9-5-10-19)18-22-21-16-8-3-4-11-24(16)18/h1-2,6-7H,3-5,8-12H2,(H,20,25). The highest BCUT2D eigenvalue weighted by Gasteiger charge is 2.45. The molecule has 1 fully saturated rings. The number of amides is 1. The fraction of sp³-hybridized carbons (Fsp3) is 0.474.